The fourth-order valence-electron chi connectivity index (χ4n) is 2.37. The lowest BCUT2D eigenvalue weighted by Gasteiger charge is -2.26. The zero-order valence-electron chi connectivity index (χ0n) is 9.99. The normalized spacial score (nSPS) is 19.1. The van der Waals surface area contributed by atoms with Crippen LogP contribution in [0, 0.1) is 0 Å². The lowest BCUT2D eigenvalue weighted by molar-refractivity contribution is -0.0393. The van der Waals surface area contributed by atoms with E-state index < -0.39 is 0 Å². The summed E-state index contributed by atoms with van der Waals surface area (Å²) in [6.07, 6.45) is 4.72. The van der Waals surface area contributed by atoms with Crippen molar-refractivity contribution >= 4 is 11.3 Å². The quantitative estimate of drug-likeness (QED) is 0.794. The van der Waals surface area contributed by atoms with Crippen LogP contribution in [0.1, 0.15) is 43.3 Å². The van der Waals surface area contributed by atoms with Gasteiger partial charge in [0.25, 0.3) is 0 Å². The highest BCUT2D eigenvalue weighted by atomic mass is 32.1. The highest BCUT2D eigenvalue weighted by Crippen LogP contribution is 2.43. The molecule has 0 bridgehead atoms. The molecule has 0 radical (unpaired) electrons. The van der Waals surface area contributed by atoms with Gasteiger partial charge in [0.15, 0.2) is 0 Å². The van der Waals surface area contributed by atoms with Crippen molar-refractivity contribution in [2.75, 3.05) is 13.7 Å². The van der Waals surface area contributed by atoms with Crippen molar-refractivity contribution in [3.05, 3.63) is 16.1 Å². The van der Waals surface area contributed by atoms with E-state index in [-0.39, 0.29) is 5.60 Å². The molecule has 1 aromatic heterocycles. The molecule has 0 aliphatic heterocycles. The molecule has 1 aliphatic carbocycles. The Labute approximate surface area is 101 Å². The number of nitrogens with zero attached hydrogens (tertiary/aromatic N) is 1. The Balaban J connectivity index is 2.18. The number of rotatable bonds is 5. The monoisotopic (exact) mass is 241 g/mol. The highest BCUT2D eigenvalue weighted by Gasteiger charge is 2.38. The van der Waals surface area contributed by atoms with Crippen molar-refractivity contribution < 1.29 is 9.47 Å². The standard InChI is InChI=1S/C12H19NO2S/c1-3-15-12(6-4-5-7-12)11-13-10(8-14-2)9-16-11/h9H,3-8H2,1-2H3. The average molecular weight is 241 g/mol. The summed E-state index contributed by atoms with van der Waals surface area (Å²) in [7, 11) is 1.70. The molecule has 16 heavy (non-hydrogen) atoms. The van der Waals surface area contributed by atoms with E-state index in [4.69, 9.17) is 9.47 Å². The number of thiazole rings is 1. The summed E-state index contributed by atoms with van der Waals surface area (Å²) < 4.78 is 11.1. The SMILES string of the molecule is CCOC1(c2nc(COC)cs2)CCCC1. The third kappa shape index (κ3) is 2.29. The largest absolute Gasteiger partial charge is 0.378 e. The van der Waals surface area contributed by atoms with E-state index in [2.05, 4.69) is 17.3 Å². The number of ether oxygens (including phenoxy) is 2. The van der Waals surface area contributed by atoms with Crippen LogP contribution in [0.25, 0.3) is 0 Å². The molecule has 0 aromatic carbocycles. The molecule has 1 fully saturated rings. The van der Waals surface area contributed by atoms with Crippen molar-refractivity contribution in [2.45, 2.75) is 44.8 Å². The summed E-state index contributed by atoms with van der Waals surface area (Å²) in [4.78, 5) is 4.64. The number of hydrogen-bond acceptors (Lipinski definition) is 4. The van der Waals surface area contributed by atoms with Crippen molar-refractivity contribution in [3.8, 4) is 0 Å². The summed E-state index contributed by atoms with van der Waals surface area (Å²) in [5, 5.41) is 3.22. The Bertz CT molecular complexity index is 332. The van der Waals surface area contributed by atoms with Crippen LogP contribution in [-0.2, 0) is 21.7 Å². The molecule has 1 saturated carbocycles. The van der Waals surface area contributed by atoms with Crippen LogP contribution in [-0.4, -0.2) is 18.7 Å². The molecule has 1 aliphatic rings. The van der Waals surface area contributed by atoms with Crippen LogP contribution >= 0.6 is 11.3 Å². The third-order valence-corrected chi connectivity index (χ3v) is 4.14. The minimum absolute atomic E-state index is 0.0919. The first kappa shape index (κ1) is 12.0. The molecule has 3 nitrogen and oxygen atoms in total. The number of methoxy groups -OCH3 is 1. The Kier molecular flexibility index (Phi) is 3.95. The van der Waals surface area contributed by atoms with Crippen LogP contribution in [0.3, 0.4) is 0 Å². The molecule has 1 aromatic rings. The number of hydrogen-bond donors (Lipinski definition) is 0. The molecule has 0 unspecified atom stereocenters. The summed E-state index contributed by atoms with van der Waals surface area (Å²) in [5.74, 6) is 0. The van der Waals surface area contributed by atoms with Gasteiger partial charge in [-0.15, -0.1) is 11.3 Å². The fraction of sp³-hybridized carbons (Fsp3) is 0.750. The molecule has 2 rings (SSSR count). The van der Waals surface area contributed by atoms with Gasteiger partial charge in [0.2, 0.25) is 0 Å². The smallest absolute Gasteiger partial charge is 0.125 e. The van der Waals surface area contributed by atoms with Gasteiger partial charge >= 0.3 is 0 Å². The van der Waals surface area contributed by atoms with Crippen molar-refractivity contribution in [2.24, 2.45) is 0 Å². The lowest BCUT2D eigenvalue weighted by atomic mass is 10.0. The van der Waals surface area contributed by atoms with Gasteiger partial charge in [-0.1, -0.05) is 12.8 Å². The van der Waals surface area contributed by atoms with Gasteiger partial charge in [-0.3, -0.25) is 0 Å². The van der Waals surface area contributed by atoms with Crippen LogP contribution < -0.4 is 0 Å². The van der Waals surface area contributed by atoms with Crippen LogP contribution in [0.5, 0.6) is 0 Å². The van der Waals surface area contributed by atoms with Gasteiger partial charge in [-0.25, -0.2) is 4.98 Å². The van der Waals surface area contributed by atoms with Gasteiger partial charge in [0.1, 0.15) is 10.6 Å². The maximum Gasteiger partial charge on any atom is 0.125 e. The van der Waals surface area contributed by atoms with E-state index in [0.29, 0.717) is 6.61 Å². The maximum absolute atomic E-state index is 5.98. The molecule has 0 spiro atoms. The van der Waals surface area contributed by atoms with E-state index in [9.17, 15) is 0 Å². The topological polar surface area (TPSA) is 31.4 Å². The first-order chi connectivity index (χ1) is 7.80. The van der Waals surface area contributed by atoms with Crippen LogP contribution in [0.15, 0.2) is 5.38 Å². The van der Waals surface area contributed by atoms with Gasteiger partial charge in [0.05, 0.1) is 12.3 Å². The minimum atomic E-state index is -0.0919. The predicted molar refractivity (Wildman–Crippen MR) is 64.6 cm³/mol. The third-order valence-electron chi connectivity index (χ3n) is 3.07. The lowest BCUT2D eigenvalue weighted by Crippen LogP contribution is -2.26. The second kappa shape index (κ2) is 5.25. The Hall–Kier alpha value is -0.450. The van der Waals surface area contributed by atoms with E-state index in [1.165, 1.54) is 12.8 Å². The van der Waals surface area contributed by atoms with Gasteiger partial charge in [-0.2, -0.15) is 0 Å². The van der Waals surface area contributed by atoms with Crippen LogP contribution in [0.2, 0.25) is 0 Å². The Morgan fingerprint density at radius 1 is 1.44 bits per heavy atom. The predicted octanol–water partition coefficient (Wildman–Crippen LogP) is 3.10. The molecule has 0 saturated heterocycles. The Morgan fingerprint density at radius 3 is 2.81 bits per heavy atom. The van der Waals surface area contributed by atoms with Crippen molar-refractivity contribution in [1.82, 2.24) is 4.98 Å². The zero-order chi connectivity index (χ0) is 11.4. The molecular formula is C12H19NO2S. The second-order valence-electron chi connectivity index (χ2n) is 4.21. The van der Waals surface area contributed by atoms with Gasteiger partial charge in [0, 0.05) is 19.1 Å². The van der Waals surface area contributed by atoms with Crippen molar-refractivity contribution in [3.63, 3.8) is 0 Å². The molecular weight excluding hydrogens is 222 g/mol. The van der Waals surface area contributed by atoms with E-state index >= 15 is 0 Å². The van der Waals surface area contributed by atoms with E-state index in [1.54, 1.807) is 18.4 Å². The summed E-state index contributed by atoms with van der Waals surface area (Å²) in [5.41, 5.74) is 0.930. The van der Waals surface area contributed by atoms with Crippen molar-refractivity contribution in [1.29, 1.82) is 0 Å². The second-order valence-corrected chi connectivity index (χ2v) is 5.07. The van der Waals surface area contributed by atoms with Gasteiger partial charge in [-0.05, 0) is 19.8 Å². The molecule has 0 N–H and O–H groups in total. The molecule has 0 amide bonds. The summed E-state index contributed by atoms with van der Waals surface area (Å²) >= 11 is 1.71. The average Bonchev–Trinajstić information content (AvgIpc) is 2.88. The molecule has 4 heteroatoms. The fourth-order valence-corrected chi connectivity index (χ4v) is 3.39. The maximum atomic E-state index is 5.98. The molecule has 90 valence electrons. The Morgan fingerprint density at radius 2 is 2.19 bits per heavy atom. The molecule has 1 heterocycles. The van der Waals surface area contributed by atoms with E-state index in [0.717, 1.165) is 30.2 Å². The first-order valence-corrected chi connectivity index (χ1v) is 6.76. The number of aromatic nitrogens is 1. The minimum Gasteiger partial charge on any atom is -0.378 e. The van der Waals surface area contributed by atoms with Gasteiger partial charge < -0.3 is 9.47 Å². The van der Waals surface area contributed by atoms with E-state index in [1.807, 2.05) is 0 Å². The first-order valence-electron chi connectivity index (χ1n) is 5.88. The molecule has 0 atom stereocenters. The highest BCUT2D eigenvalue weighted by molar-refractivity contribution is 7.09. The summed E-state index contributed by atoms with van der Waals surface area (Å²) in [6.45, 7) is 3.42. The zero-order valence-corrected chi connectivity index (χ0v) is 10.8. The summed E-state index contributed by atoms with van der Waals surface area (Å²) in [6, 6.07) is 0. The van der Waals surface area contributed by atoms with Crippen LogP contribution in [0.4, 0.5) is 0 Å².